The molecule has 116 valence electrons. The molecule has 0 aromatic heterocycles. The maximum absolute atomic E-state index is 6.17. The van der Waals surface area contributed by atoms with Crippen LogP contribution in [-0.4, -0.2) is 24.5 Å². The van der Waals surface area contributed by atoms with Gasteiger partial charge in [0.2, 0.25) is 0 Å². The number of hydrogen-bond donors (Lipinski definition) is 1. The molecule has 1 saturated carbocycles. The highest BCUT2D eigenvalue weighted by Gasteiger charge is 2.34. The van der Waals surface area contributed by atoms with Gasteiger partial charge in [0.1, 0.15) is 0 Å². The lowest BCUT2D eigenvalue weighted by molar-refractivity contribution is 0.157. The van der Waals surface area contributed by atoms with Crippen molar-refractivity contribution in [2.24, 2.45) is 11.7 Å². The number of hydrogen-bond acceptors (Lipinski definition) is 2. The summed E-state index contributed by atoms with van der Waals surface area (Å²) in [6.45, 7) is 5.57. The van der Waals surface area contributed by atoms with Crippen LogP contribution < -0.4 is 5.73 Å². The Morgan fingerprint density at radius 3 is 2.52 bits per heavy atom. The van der Waals surface area contributed by atoms with Gasteiger partial charge in [-0.25, -0.2) is 0 Å². The molecular weight excluding hydrogens is 256 g/mol. The molecular formula is C19H30N2. The van der Waals surface area contributed by atoms with E-state index < -0.39 is 0 Å². The second kappa shape index (κ2) is 6.93. The topological polar surface area (TPSA) is 29.3 Å². The molecule has 2 N–H and O–H groups in total. The molecule has 21 heavy (non-hydrogen) atoms. The minimum atomic E-state index is 0.550. The highest BCUT2D eigenvalue weighted by atomic mass is 15.2. The van der Waals surface area contributed by atoms with E-state index in [0.717, 1.165) is 12.5 Å². The zero-order valence-corrected chi connectivity index (χ0v) is 13.4. The number of nitrogens with zero attached hydrogens (tertiary/aromatic N) is 1. The zero-order valence-electron chi connectivity index (χ0n) is 13.4. The fourth-order valence-electron chi connectivity index (χ4n) is 4.10. The summed E-state index contributed by atoms with van der Waals surface area (Å²) in [4.78, 5) is 2.73. The second-order valence-corrected chi connectivity index (χ2v) is 6.88. The van der Waals surface area contributed by atoms with E-state index in [1.54, 1.807) is 11.1 Å². The van der Waals surface area contributed by atoms with E-state index in [2.05, 4.69) is 36.1 Å². The van der Waals surface area contributed by atoms with Gasteiger partial charge in [-0.15, -0.1) is 0 Å². The van der Waals surface area contributed by atoms with Crippen LogP contribution in [0.1, 0.15) is 68.5 Å². The molecule has 1 heterocycles. The van der Waals surface area contributed by atoms with Crippen LogP contribution in [0.3, 0.4) is 0 Å². The Balaban J connectivity index is 1.96. The maximum Gasteiger partial charge on any atom is 0.0391 e. The lowest BCUT2D eigenvalue weighted by Crippen LogP contribution is -2.36. The Morgan fingerprint density at radius 2 is 1.86 bits per heavy atom. The van der Waals surface area contributed by atoms with Crippen LogP contribution >= 0.6 is 0 Å². The summed E-state index contributed by atoms with van der Waals surface area (Å²) >= 11 is 0. The summed E-state index contributed by atoms with van der Waals surface area (Å²) in [7, 11) is 0. The van der Waals surface area contributed by atoms with Crippen LogP contribution in [0.15, 0.2) is 24.3 Å². The first-order chi connectivity index (χ1) is 10.3. The Morgan fingerprint density at radius 1 is 1.10 bits per heavy atom. The van der Waals surface area contributed by atoms with E-state index >= 15 is 0 Å². The van der Waals surface area contributed by atoms with Crippen molar-refractivity contribution in [1.82, 2.24) is 4.90 Å². The van der Waals surface area contributed by atoms with Crippen molar-refractivity contribution in [3.63, 3.8) is 0 Å². The molecule has 1 aromatic rings. The van der Waals surface area contributed by atoms with E-state index in [1.165, 1.54) is 51.6 Å². The fraction of sp³-hybridized carbons (Fsp3) is 0.684. The van der Waals surface area contributed by atoms with Crippen LogP contribution in [0.2, 0.25) is 0 Å². The van der Waals surface area contributed by atoms with E-state index in [9.17, 15) is 0 Å². The molecule has 1 aliphatic heterocycles. The summed E-state index contributed by atoms with van der Waals surface area (Å²) in [6, 6.07) is 9.75. The molecule has 3 rings (SSSR count). The molecule has 2 unspecified atom stereocenters. The van der Waals surface area contributed by atoms with Crippen molar-refractivity contribution in [1.29, 1.82) is 0 Å². The Kier molecular flexibility index (Phi) is 4.97. The van der Waals surface area contributed by atoms with Gasteiger partial charge in [0.25, 0.3) is 0 Å². The number of benzene rings is 1. The SMILES string of the molecule is CCCN1CCCCC(CN)C1c1ccccc1C1CC1. The van der Waals surface area contributed by atoms with Gasteiger partial charge < -0.3 is 5.73 Å². The lowest BCUT2D eigenvalue weighted by atomic mass is 9.85. The summed E-state index contributed by atoms with van der Waals surface area (Å²) in [5, 5.41) is 0. The highest BCUT2D eigenvalue weighted by molar-refractivity contribution is 5.36. The third-order valence-electron chi connectivity index (χ3n) is 5.26. The highest BCUT2D eigenvalue weighted by Crippen LogP contribution is 2.46. The smallest absolute Gasteiger partial charge is 0.0391 e. The van der Waals surface area contributed by atoms with E-state index in [0.29, 0.717) is 12.0 Å². The van der Waals surface area contributed by atoms with Crippen LogP contribution in [0, 0.1) is 5.92 Å². The number of rotatable bonds is 5. The van der Waals surface area contributed by atoms with Crippen molar-refractivity contribution in [2.45, 2.75) is 57.4 Å². The van der Waals surface area contributed by atoms with Gasteiger partial charge in [-0.05, 0) is 74.7 Å². The van der Waals surface area contributed by atoms with E-state index in [-0.39, 0.29) is 0 Å². The van der Waals surface area contributed by atoms with Gasteiger partial charge in [-0.3, -0.25) is 4.90 Å². The molecule has 1 aromatic carbocycles. The van der Waals surface area contributed by atoms with Crippen molar-refractivity contribution < 1.29 is 0 Å². The van der Waals surface area contributed by atoms with Gasteiger partial charge in [0.05, 0.1) is 0 Å². The van der Waals surface area contributed by atoms with Crippen LogP contribution in [0.5, 0.6) is 0 Å². The molecule has 2 fully saturated rings. The molecule has 2 aliphatic rings. The first kappa shape index (κ1) is 15.1. The molecule has 2 atom stereocenters. The molecule has 2 nitrogen and oxygen atoms in total. The average Bonchev–Trinajstić information content (AvgIpc) is 3.35. The maximum atomic E-state index is 6.17. The average molecular weight is 286 g/mol. The molecule has 1 aliphatic carbocycles. The molecule has 0 spiro atoms. The van der Waals surface area contributed by atoms with Crippen molar-refractivity contribution >= 4 is 0 Å². The monoisotopic (exact) mass is 286 g/mol. The number of nitrogens with two attached hydrogens (primary N) is 1. The summed E-state index contributed by atoms with van der Waals surface area (Å²) in [5.41, 5.74) is 9.38. The van der Waals surface area contributed by atoms with Gasteiger partial charge in [-0.2, -0.15) is 0 Å². The summed E-state index contributed by atoms with van der Waals surface area (Å²) in [6.07, 6.45) is 7.96. The van der Waals surface area contributed by atoms with Crippen LogP contribution in [-0.2, 0) is 0 Å². The van der Waals surface area contributed by atoms with Gasteiger partial charge >= 0.3 is 0 Å². The Labute approximate surface area is 129 Å². The first-order valence-electron chi connectivity index (χ1n) is 8.88. The van der Waals surface area contributed by atoms with Crippen molar-refractivity contribution in [3.05, 3.63) is 35.4 Å². The van der Waals surface area contributed by atoms with Crippen LogP contribution in [0.4, 0.5) is 0 Å². The predicted molar refractivity (Wildman–Crippen MR) is 89.4 cm³/mol. The largest absolute Gasteiger partial charge is 0.330 e. The molecule has 2 heteroatoms. The van der Waals surface area contributed by atoms with Crippen molar-refractivity contribution in [3.8, 4) is 0 Å². The minimum absolute atomic E-state index is 0.550. The molecule has 1 saturated heterocycles. The predicted octanol–water partition coefficient (Wildman–Crippen LogP) is 4.08. The van der Waals surface area contributed by atoms with Gasteiger partial charge in [-0.1, -0.05) is 37.6 Å². The summed E-state index contributed by atoms with van der Waals surface area (Å²) in [5.74, 6) is 1.45. The first-order valence-corrected chi connectivity index (χ1v) is 8.88. The lowest BCUT2D eigenvalue weighted by Gasteiger charge is -2.36. The Bertz CT molecular complexity index is 453. The second-order valence-electron chi connectivity index (χ2n) is 6.88. The van der Waals surface area contributed by atoms with Crippen molar-refractivity contribution in [2.75, 3.05) is 19.6 Å². The van der Waals surface area contributed by atoms with Gasteiger partial charge in [0, 0.05) is 6.04 Å². The standard InChI is InChI=1S/C19H30N2/c1-2-12-21-13-6-5-7-16(14-20)19(21)18-9-4-3-8-17(18)15-10-11-15/h3-4,8-9,15-16,19H,2,5-7,10-14,20H2,1H3. The van der Waals surface area contributed by atoms with Crippen LogP contribution in [0.25, 0.3) is 0 Å². The van der Waals surface area contributed by atoms with Gasteiger partial charge in [0.15, 0.2) is 0 Å². The minimum Gasteiger partial charge on any atom is -0.330 e. The molecule has 0 amide bonds. The third kappa shape index (κ3) is 3.32. The summed E-state index contributed by atoms with van der Waals surface area (Å²) < 4.78 is 0. The Hall–Kier alpha value is -0.860. The fourth-order valence-corrected chi connectivity index (χ4v) is 4.10. The van der Waals surface area contributed by atoms with E-state index in [1.807, 2.05) is 0 Å². The quantitative estimate of drug-likeness (QED) is 0.884. The normalized spacial score (nSPS) is 27.5. The molecule has 0 bridgehead atoms. The van der Waals surface area contributed by atoms with E-state index in [4.69, 9.17) is 5.73 Å². The third-order valence-corrected chi connectivity index (χ3v) is 5.26. The molecule has 0 radical (unpaired) electrons. The number of likely N-dealkylation sites (tertiary alicyclic amines) is 1. The zero-order chi connectivity index (χ0) is 14.7.